The molecule has 0 saturated carbocycles. The maximum Gasteiger partial charge on any atom is 0.131 e. The van der Waals surface area contributed by atoms with Gasteiger partial charge in [0.25, 0.3) is 0 Å². The van der Waals surface area contributed by atoms with E-state index in [4.69, 9.17) is 4.74 Å². The van der Waals surface area contributed by atoms with E-state index in [1.54, 1.807) is 12.1 Å². The van der Waals surface area contributed by atoms with Crippen LogP contribution in [0, 0.1) is 19.7 Å². The van der Waals surface area contributed by atoms with Crippen molar-refractivity contribution in [3.8, 4) is 16.9 Å². The van der Waals surface area contributed by atoms with Crippen molar-refractivity contribution in [2.75, 3.05) is 19.6 Å². The molecule has 0 bridgehead atoms. The maximum atomic E-state index is 14.2. The fourth-order valence-electron chi connectivity index (χ4n) is 3.49. The van der Waals surface area contributed by atoms with Crippen molar-refractivity contribution in [3.05, 3.63) is 52.8 Å². The molecule has 0 fully saturated rings. The fourth-order valence-corrected chi connectivity index (χ4v) is 3.49. The van der Waals surface area contributed by atoms with Crippen molar-refractivity contribution in [3.63, 3.8) is 0 Å². The molecule has 1 aliphatic rings. The Labute approximate surface area is 144 Å². The van der Waals surface area contributed by atoms with Gasteiger partial charge in [-0.25, -0.2) is 4.39 Å². The highest BCUT2D eigenvalue weighted by Crippen LogP contribution is 2.41. The number of fused-ring (bicyclic) bond motifs is 1. The summed E-state index contributed by atoms with van der Waals surface area (Å²) in [5.74, 6) is 0.680. The molecule has 2 aromatic carbocycles. The van der Waals surface area contributed by atoms with Crippen LogP contribution < -0.4 is 4.74 Å². The van der Waals surface area contributed by atoms with E-state index in [0.29, 0.717) is 0 Å². The molecule has 128 valence electrons. The van der Waals surface area contributed by atoms with Crippen LogP contribution in [-0.4, -0.2) is 30.6 Å². The average Bonchev–Trinajstić information content (AvgIpc) is 2.96. The molecule has 0 saturated heterocycles. The zero-order valence-electron chi connectivity index (χ0n) is 15.0. The lowest BCUT2D eigenvalue weighted by Crippen LogP contribution is -2.34. The van der Waals surface area contributed by atoms with Gasteiger partial charge in [-0.2, -0.15) is 0 Å². The lowest BCUT2D eigenvalue weighted by Gasteiger charge is -2.22. The minimum absolute atomic E-state index is 0.102. The molecule has 0 aromatic heterocycles. The van der Waals surface area contributed by atoms with Crippen molar-refractivity contribution < 1.29 is 9.13 Å². The lowest BCUT2D eigenvalue weighted by atomic mass is 9.95. The molecule has 24 heavy (non-hydrogen) atoms. The van der Waals surface area contributed by atoms with Gasteiger partial charge < -0.3 is 9.64 Å². The second-order valence-corrected chi connectivity index (χ2v) is 6.69. The SMILES string of the molecule is CCN(CC)CC1Cc2cc(F)cc(-c3cc(C)ccc3C)c2O1. The molecule has 2 nitrogen and oxygen atoms in total. The molecule has 0 amide bonds. The van der Waals surface area contributed by atoms with Crippen LogP contribution in [0.1, 0.15) is 30.5 Å². The molecule has 3 rings (SSSR count). The van der Waals surface area contributed by atoms with Gasteiger partial charge in [0.05, 0.1) is 0 Å². The van der Waals surface area contributed by atoms with Crippen molar-refractivity contribution >= 4 is 0 Å². The van der Waals surface area contributed by atoms with Gasteiger partial charge in [-0.1, -0.05) is 37.6 Å². The highest BCUT2D eigenvalue weighted by atomic mass is 19.1. The van der Waals surface area contributed by atoms with Crippen molar-refractivity contribution in [2.24, 2.45) is 0 Å². The Morgan fingerprint density at radius 3 is 2.54 bits per heavy atom. The summed E-state index contributed by atoms with van der Waals surface area (Å²) in [6.07, 6.45) is 0.882. The standard InChI is InChI=1S/C21H26FNO/c1-5-23(6-2)13-18-11-16-10-17(22)12-20(21(16)24-18)19-9-14(3)7-8-15(19)4/h7-10,12,18H,5-6,11,13H2,1-4H3. The third-order valence-electron chi connectivity index (χ3n) is 4.90. The van der Waals surface area contributed by atoms with Crippen LogP contribution in [0.3, 0.4) is 0 Å². The highest BCUT2D eigenvalue weighted by molar-refractivity contribution is 5.76. The molecule has 0 aliphatic carbocycles. The van der Waals surface area contributed by atoms with E-state index in [2.05, 4.69) is 50.8 Å². The van der Waals surface area contributed by atoms with Gasteiger partial charge in [0.2, 0.25) is 0 Å². The molecular formula is C21H26FNO. The summed E-state index contributed by atoms with van der Waals surface area (Å²) in [6, 6.07) is 9.53. The Kier molecular flexibility index (Phi) is 4.91. The minimum Gasteiger partial charge on any atom is -0.488 e. The van der Waals surface area contributed by atoms with Gasteiger partial charge in [0, 0.05) is 24.1 Å². The smallest absolute Gasteiger partial charge is 0.131 e. The molecule has 0 radical (unpaired) electrons. The molecular weight excluding hydrogens is 301 g/mol. The van der Waals surface area contributed by atoms with Crippen LogP contribution >= 0.6 is 0 Å². The predicted molar refractivity (Wildman–Crippen MR) is 97.2 cm³/mol. The summed E-state index contributed by atoms with van der Waals surface area (Å²) >= 11 is 0. The number of hydrogen-bond donors (Lipinski definition) is 0. The van der Waals surface area contributed by atoms with E-state index < -0.39 is 0 Å². The Bertz CT molecular complexity index is 737. The quantitative estimate of drug-likeness (QED) is 0.785. The van der Waals surface area contributed by atoms with Gasteiger partial charge >= 0.3 is 0 Å². The van der Waals surface area contributed by atoms with E-state index >= 15 is 0 Å². The topological polar surface area (TPSA) is 12.5 Å². The Morgan fingerprint density at radius 2 is 1.83 bits per heavy atom. The number of benzene rings is 2. The zero-order valence-corrected chi connectivity index (χ0v) is 15.0. The molecule has 1 atom stereocenters. The molecule has 3 heteroatoms. The number of halogens is 1. The molecule has 1 heterocycles. The van der Waals surface area contributed by atoms with Crippen molar-refractivity contribution in [2.45, 2.75) is 40.2 Å². The van der Waals surface area contributed by atoms with Gasteiger partial charge in [-0.15, -0.1) is 0 Å². The first-order valence-corrected chi connectivity index (χ1v) is 8.80. The average molecular weight is 327 g/mol. The number of rotatable bonds is 5. The Balaban J connectivity index is 1.97. The highest BCUT2D eigenvalue weighted by Gasteiger charge is 2.28. The number of ether oxygens (including phenoxy) is 1. The first-order valence-electron chi connectivity index (χ1n) is 8.80. The molecule has 0 N–H and O–H groups in total. The number of aryl methyl sites for hydroxylation is 2. The zero-order chi connectivity index (χ0) is 17.3. The fraction of sp³-hybridized carbons (Fsp3) is 0.429. The van der Waals surface area contributed by atoms with Crippen LogP contribution in [0.2, 0.25) is 0 Å². The largest absolute Gasteiger partial charge is 0.488 e. The van der Waals surface area contributed by atoms with Gasteiger partial charge in [-0.05, 0) is 50.2 Å². The number of nitrogens with zero attached hydrogens (tertiary/aromatic N) is 1. The number of likely N-dealkylation sites (N-methyl/N-ethyl adjacent to an activating group) is 1. The van der Waals surface area contributed by atoms with Gasteiger partial charge in [-0.3, -0.25) is 0 Å². The van der Waals surface area contributed by atoms with Crippen LogP contribution in [0.5, 0.6) is 5.75 Å². The van der Waals surface area contributed by atoms with Crippen LogP contribution in [-0.2, 0) is 6.42 Å². The van der Waals surface area contributed by atoms with E-state index in [0.717, 1.165) is 54.1 Å². The van der Waals surface area contributed by atoms with E-state index in [-0.39, 0.29) is 11.9 Å². The lowest BCUT2D eigenvalue weighted by molar-refractivity contribution is 0.159. The second kappa shape index (κ2) is 6.94. The van der Waals surface area contributed by atoms with Crippen LogP contribution in [0.25, 0.3) is 11.1 Å². The Hall–Kier alpha value is -1.87. The first kappa shape index (κ1) is 17.0. The van der Waals surface area contributed by atoms with E-state index in [9.17, 15) is 4.39 Å². The van der Waals surface area contributed by atoms with Crippen molar-refractivity contribution in [1.82, 2.24) is 4.90 Å². The van der Waals surface area contributed by atoms with Gasteiger partial charge in [0.15, 0.2) is 0 Å². The molecule has 2 aromatic rings. The summed E-state index contributed by atoms with van der Waals surface area (Å²) in [4.78, 5) is 2.35. The summed E-state index contributed by atoms with van der Waals surface area (Å²) in [5.41, 5.74) is 5.25. The minimum atomic E-state index is -0.184. The first-order chi connectivity index (χ1) is 11.5. The summed E-state index contributed by atoms with van der Waals surface area (Å²) in [6.45, 7) is 11.3. The predicted octanol–water partition coefficient (Wildman–Crippen LogP) is 4.75. The van der Waals surface area contributed by atoms with Crippen LogP contribution in [0.4, 0.5) is 4.39 Å². The van der Waals surface area contributed by atoms with Crippen molar-refractivity contribution in [1.29, 1.82) is 0 Å². The summed E-state index contributed by atoms with van der Waals surface area (Å²) in [7, 11) is 0. The van der Waals surface area contributed by atoms with E-state index in [1.165, 1.54) is 5.56 Å². The number of hydrogen-bond acceptors (Lipinski definition) is 2. The monoisotopic (exact) mass is 327 g/mol. The second-order valence-electron chi connectivity index (χ2n) is 6.69. The van der Waals surface area contributed by atoms with E-state index in [1.807, 2.05) is 0 Å². The molecule has 1 aliphatic heterocycles. The third-order valence-corrected chi connectivity index (χ3v) is 4.90. The normalized spacial score (nSPS) is 16.3. The Morgan fingerprint density at radius 1 is 1.08 bits per heavy atom. The summed E-state index contributed by atoms with van der Waals surface area (Å²) in [5, 5.41) is 0. The third kappa shape index (κ3) is 3.32. The molecule has 0 spiro atoms. The van der Waals surface area contributed by atoms with Crippen LogP contribution in [0.15, 0.2) is 30.3 Å². The van der Waals surface area contributed by atoms with Gasteiger partial charge in [0.1, 0.15) is 17.7 Å². The molecule has 1 unspecified atom stereocenters. The maximum absolute atomic E-state index is 14.2. The summed E-state index contributed by atoms with van der Waals surface area (Å²) < 4.78 is 20.5.